The number of hydrogen-bond donors (Lipinski definition) is 2. The first-order chi connectivity index (χ1) is 14.0. The van der Waals surface area contributed by atoms with Crippen LogP contribution in [0.25, 0.3) is 0 Å². The van der Waals surface area contributed by atoms with Crippen molar-refractivity contribution in [1.29, 1.82) is 0 Å². The van der Waals surface area contributed by atoms with Crippen LogP contribution < -0.4 is 10.6 Å². The van der Waals surface area contributed by atoms with E-state index in [9.17, 15) is 24.0 Å². The van der Waals surface area contributed by atoms with Crippen LogP contribution in [0, 0.1) is 0 Å². The average molecular weight is 395 g/mol. The Hall–Kier alpha value is -3.82. The second kappa shape index (κ2) is 7.30. The normalized spacial score (nSPS) is 18.6. The van der Waals surface area contributed by atoms with Crippen molar-refractivity contribution in [3.8, 4) is 0 Å². The van der Waals surface area contributed by atoms with Gasteiger partial charge in [0.05, 0.1) is 17.7 Å². The number of carbonyl (C=O) groups excluding carboxylic acids is 5. The summed E-state index contributed by atoms with van der Waals surface area (Å²) in [4.78, 5) is 62.1. The van der Waals surface area contributed by atoms with Gasteiger partial charge in [-0.1, -0.05) is 0 Å². The van der Waals surface area contributed by atoms with Crippen LogP contribution in [0.15, 0.2) is 36.7 Å². The predicted molar refractivity (Wildman–Crippen MR) is 97.7 cm³/mol. The minimum atomic E-state index is -1.04. The van der Waals surface area contributed by atoms with Crippen molar-refractivity contribution in [2.45, 2.75) is 25.4 Å². The average Bonchev–Trinajstić information content (AvgIpc) is 3.30. The molecule has 0 bridgehead atoms. The smallest absolute Gasteiger partial charge is 0.262 e. The van der Waals surface area contributed by atoms with Gasteiger partial charge in [0, 0.05) is 30.9 Å². The van der Waals surface area contributed by atoms with Gasteiger partial charge in [-0.25, -0.2) is 0 Å². The Labute approximate surface area is 164 Å². The van der Waals surface area contributed by atoms with Gasteiger partial charge in [-0.2, -0.15) is 5.10 Å². The summed E-state index contributed by atoms with van der Waals surface area (Å²) in [7, 11) is 0. The second-order valence-electron chi connectivity index (χ2n) is 6.73. The van der Waals surface area contributed by atoms with E-state index in [1.54, 1.807) is 23.1 Å². The van der Waals surface area contributed by atoms with Crippen LogP contribution in [0.5, 0.6) is 0 Å². The fourth-order valence-electron chi connectivity index (χ4n) is 3.43. The molecule has 0 spiro atoms. The van der Waals surface area contributed by atoms with Gasteiger partial charge < -0.3 is 5.32 Å². The number of nitrogens with one attached hydrogen (secondary N) is 2. The molecule has 148 valence electrons. The summed E-state index contributed by atoms with van der Waals surface area (Å²) in [5.41, 5.74) is 0.433. The van der Waals surface area contributed by atoms with Gasteiger partial charge >= 0.3 is 0 Å². The quantitative estimate of drug-likeness (QED) is 0.670. The van der Waals surface area contributed by atoms with Gasteiger partial charge in [-0.05, 0) is 30.7 Å². The number of fused-ring (bicyclic) bond motifs is 1. The molecule has 0 radical (unpaired) electrons. The summed E-state index contributed by atoms with van der Waals surface area (Å²) in [6, 6.07) is 4.96. The molecule has 3 heterocycles. The highest BCUT2D eigenvalue weighted by Crippen LogP contribution is 2.28. The minimum absolute atomic E-state index is 0.0493. The van der Waals surface area contributed by atoms with E-state index >= 15 is 0 Å². The van der Waals surface area contributed by atoms with E-state index in [4.69, 9.17) is 0 Å². The lowest BCUT2D eigenvalue weighted by molar-refractivity contribution is -0.136. The molecule has 1 aromatic heterocycles. The fourth-order valence-corrected chi connectivity index (χ4v) is 3.43. The van der Waals surface area contributed by atoms with Crippen molar-refractivity contribution >= 4 is 29.5 Å². The van der Waals surface area contributed by atoms with E-state index in [-0.39, 0.29) is 35.4 Å². The number of carbonyl (C=O) groups is 5. The van der Waals surface area contributed by atoms with Gasteiger partial charge in [-0.3, -0.25) is 38.9 Å². The highest BCUT2D eigenvalue weighted by molar-refractivity contribution is 6.24. The first-order valence-corrected chi connectivity index (χ1v) is 9.07. The summed E-state index contributed by atoms with van der Waals surface area (Å²) in [5.74, 6) is -2.75. The lowest BCUT2D eigenvalue weighted by Crippen LogP contribution is -2.54. The predicted octanol–water partition coefficient (Wildman–Crippen LogP) is -0.286. The van der Waals surface area contributed by atoms with Crippen molar-refractivity contribution in [2.75, 3.05) is 6.54 Å². The SMILES string of the molecule is O=C1CCC(N2C(=O)c3ccc(C(=O)NCCn4cccn4)cc3C2=O)C(=O)N1. The summed E-state index contributed by atoms with van der Waals surface area (Å²) in [6.45, 7) is 0.831. The minimum Gasteiger partial charge on any atom is -0.350 e. The van der Waals surface area contributed by atoms with E-state index in [2.05, 4.69) is 15.7 Å². The molecule has 1 unspecified atom stereocenters. The lowest BCUT2D eigenvalue weighted by Gasteiger charge is -2.27. The molecule has 2 aliphatic heterocycles. The molecule has 2 aromatic rings. The summed E-state index contributed by atoms with van der Waals surface area (Å²) < 4.78 is 1.67. The third-order valence-electron chi connectivity index (χ3n) is 4.89. The molecular formula is C19H17N5O5. The maximum Gasteiger partial charge on any atom is 0.262 e. The molecule has 5 amide bonds. The molecule has 10 nitrogen and oxygen atoms in total. The van der Waals surface area contributed by atoms with Gasteiger partial charge in [0.2, 0.25) is 11.8 Å². The number of imide groups is 2. The number of benzene rings is 1. The van der Waals surface area contributed by atoms with Crippen LogP contribution in [-0.4, -0.2) is 56.8 Å². The van der Waals surface area contributed by atoms with Crippen molar-refractivity contribution < 1.29 is 24.0 Å². The van der Waals surface area contributed by atoms with Crippen LogP contribution in [0.2, 0.25) is 0 Å². The van der Waals surface area contributed by atoms with E-state index in [0.29, 0.717) is 13.1 Å². The van der Waals surface area contributed by atoms with E-state index in [0.717, 1.165) is 4.90 Å². The Bertz CT molecular complexity index is 1030. The third kappa shape index (κ3) is 3.40. The zero-order valence-electron chi connectivity index (χ0n) is 15.3. The van der Waals surface area contributed by atoms with E-state index in [1.807, 2.05) is 0 Å². The standard InChI is InChI=1S/C19H17N5O5/c25-15-5-4-14(17(27)22-15)24-18(28)12-3-2-11(10-13(12)19(24)29)16(26)20-7-9-23-8-1-6-21-23/h1-3,6,8,10,14H,4-5,7,9H2,(H,20,26)(H,22,25,27). The molecule has 1 saturated heterocycles. The number of piperidine rings is 1. The van der Waals surface area contributed by atoms with Crippen LogP contribution in [0.3, 0.4) is 0 Å². The van der Waals surface area contributed by atoms with Gasteiger partial charge in [0.25, 0.3) is 17.7 Å². The zero-order valence-corrected chi connectivity index (χ0v) is 15.3. The van der Waals surface area contributed by atoms with Gasteiger partial charge in [-0.15, -0.1) is 0 Å². The first kappa shape index (κ1) is 18.5. The van der Waals surface area contributed by atoms with E-state index < -0.39 is 29.7 Å². The highest BCUT2D eigenvalue weighted by Gasteiger charge is 2.44. The first-order valence-electron chi connectivity index (χ1n) is 9.07. The fraction of sp³-hybridized carbons (Fsp3) is 0.263. The van der Waals surface area contributed by atoms with Crippen LogP contribution in [-0.2, 0) is 16.1 Å². The Morgan fingerprint density at radius 2 is 1.97 bits per heavy atom. The van der Waals surface area contributed by atoms with Gasteiger partial charge in [0.15, 0.2) is 0 Å². The molecule has 0 saturated carbocycles. The molecule has 1 aromatic carbocycles. The number of rotatable bonds is 5. The highest BCUT2D eigenvalue weighted by atomic mass is 16.2. The molecule has 2 N–H and O–H groups in total. The summed E-state index contributed by atoms with van der Waals surface area (Å²) in [5, 5.41) is 8.91. The van der Waals surface area contributed by atoms with Crippen LogP contribution >= 0.6 is 0 Å². The van der Waals surface area contributed by atoms with Crippen molar-refractivity contribution in [3.63, 3.8) is 0 Å². The summed E-state index contributed by atoms with van der Waals surface area (Å²) >= 11 is 0. The number of nitrogens with zero attached hydrogens (tertiary/aromatic N) is 3. The third-order valence-corrected chi connectivity index (χ3v) is 4.89. The molecule has 10 heteroatoms. The molecule has 1 fully saturated rings. The number of hydrogen-bond acceptors (Lipinski definition) is 6. The molecular weight excluding hydrogens is 378 g/mol. The van der Waals surface area contributed by atoms with Crippen molar-refractivity contribution in [3.05, 3.63) is 53.3 Å². The topological polar surface area (TPSA) is 130 Å². The van der Waals surface area contributed by atoms with Crippen LogP contribution in [0.4, 0.5) is 0 Å². The second-order valence-corrected chi connectivity index (χ2v) is 6.73. The number of amides is 5. The van der Waals surface area contributed by atoms with Gasteiger partial charge in [0.1, 0.15) is 6.04 Å². The van der Waals surface area contributed by atoms with Crippen molar-refractivity contribution in [2.24, 2.45) is 0 Å². The largest absolute Gasteiger partial charge is 0.350 e. The Morgan fingerprint density at radius 3 is 2.69 bits per heavy atom. The molecule has 29 heavy (non-hydrogen) atoms. The maximum absolute atomic E-state index is 12.8. The van der Waals surface area contributed by atoms with E-state index in [1.165, 1.54) is 18.2 Å². The molecule has 2 aliphatic rings. The summed E-state index contributed by atoms with van der Waals surface area (Å²) in [6.07, 6.45) is 3.54. The van der Waals surface area contributed by atoms with Crippen molar-refractivity contribution in [1.82, 2.24) is 25.3 Å². The Balaban J connectivity index is 1.48. The molecule has 1 atom stereocenters. The van der Waals surface area contributed by atoms with Crippen LogP contribution in [0.1, 0.15) is 43.9 Å². The Kier molecular flexibility index (Phi) is 4.67. The molecule has 4 rings (SSSR count). The number of aromatic nitrogens is 2. The Morgan fingerprint density at radius 1 is 1.17 bits per heavy atom. The zero-order chi connectivity index (χ0) is 20.5. The maximum atomic E-state index is 12.8. The monoisotopic (exact) mass is 395 g/mol. The lowest BCUT2D eigenvalue weighted by atomic mass is 10.0. The molecule has 0 aliphatic carbocycles.